The molecule has 0 aromatic rings. The minimum Gasteiger partial charge on any atom is -0.743 e. The van der Waals surface area contributed by atoms with Crippen LogP contribution < -0.4 is 0 Å². The first-order valence-corrected chi connectivity index (χ1v) is 7.36. The molecule has 9 heteroatoms. The van der Waals surface area contributed by atoms with E-state index < -0.39 is 46.5 Å². The summed E-state index contributed by atoms with van der Waals surface area (Å²) >= 11 is 0. The summed E-state index contributed by atoms with van der Waals surface area (Å²) in [7, 11) is -6.08. The normalized spacial score (nSPS) is 21.5. The number of halogens is 3. The molecule has 0 saturated carbocycles. The van der Waals surface area contributed by atoms with Crippen molar-refractivity contribution in [2.75, 3.05) is 6.61 Å². The third kappa shape index (κ3) is 4.20. The Morgan fingerprint density at radius 2 is 2.10 bits per heavy atom. The van der Waals surface area contributed by atoms with Gasteiger partial charge in [0.05, 0.1) is 12.5 Å². The fraction of sp³-hybridized carbons (Fsp3) is 0.727. The average molecular weight is 315 g/mol. The zero-order chi connectivity index (χ0) is 15.4. The van der Waals surface area contributed by atoms with Crippen LogP contribution in [0.1, 0.15) is 25.7 Å². The number of carbonyl (C=O) groups is 1. The lowest BCUT2D eigenvalue weighted by Crippen LogP contribution is -2.39. The first-order chi connectivity index (χ1) is 9.16. The monoisotopic (exact) mass is 315 g/mol. The van der Waals surface area contributed by atoms with Gasteiger partial charge in [-0.05, 0) is 19.3 Å². The van der Waals surface area contributed by atoms with Crippen LogP contribution in [0.5, 0.6) is 0 Å². The van der Waals surface area contributed by atoms with Gasteiger partial charge in [-0.2, -0.15) is 8.78 Å². The Morgan fingerprint density at radius 1 is 1.45 bits per heavy atom. The molecule has 0 spiro atoms. The van der Waals surface area contributed by atoms with Crippen LogP contribution in [0.3, 0.4) is 0 Å². The van der Waals surface area contributed by atoms with Crippen molar-refractivity contribution < 1.29 is 35.7 Å². The fourth-order valence-corrected chi connectivity index (χ4v) is 2.14. The Balaban J connectivity index is 2.40. The number of carbonyl (C=O) groups excluding carboxylic acids is 1. The first kappa shape index (κ1) is 17.0. The van der Waals surface area contributed by atoms with Gasteiger partial charge in [-0.3, -0.25) is 4.79 Å². The molecule has 0 N–H and O–H groups in total. The van der Waals surface area contributed by atoms with Crippen LogP contribution in [0.15, 0.2) is 12.2 Å². The van der Waals surface area contributed by atoms with Crippen molar-refractivity contribution in [1.82, 2.24) is 0 Å². The zero-order valence-electron chi connectivity index (χ0n) is 10.4. The number of esters is 1. The molecule has 0 fully saturated rings. The highest BCUT2D eigenvalue weighted by Gasteiger charge is 2.47. The molecule has 2 unspecified atom stereocenters. The smallest absolute Gasteiger partial charge is 0.364 e. The van der Waals surface area contributed by atoms with E-state index in [0.717, 1.165) is 0 Å². The van der Waals surface area contributed by atoms with Gasteiger partial charge in [-0.15, -0.1) is 0 Å². The average Bonchev–Trinajstić information content (AvgIpc) is 2.38. The van der Waals surface area contributed by atoms with Crippen molar-refractivity contribution in [3.63, 3.8) is 0 Å². The molecular weight excluding hydrogens is 301 g/mol. The fourth-order valence-electron chi connectivity index (χ4n) is 1.71. The summed E-state index contributed by atoms with van der Waals surface area (Å²) in [6.07, 6.45) is 1.12. The van der Waals surface area contributed by atoms with Crippen LogP contribution in [0.2, 0.25) is 0 Å². The number of ether oxygens (including phenoxy) is 1. The number of hydrogen-bond donors (Lipinski definition) is 0. The van der Waals surface area contributed by atoms with Crippen LogP contribution in [-0.4, -0.2) is 37.0 Å². The topological polar surface area (TPSA) is 83.5 Å². The molecule has 20 heavy (non-hydrogen) atoms. The lowest BCUT2D eigenvalue weighted by Gasteiger charge is -2.23. The third-order valence-electron chi connectivity index (χ3n) is 2.92. The summed E-state index contributed by atoms with van der Waals surface area (Å²) in [5.41, 5.74) is 0. The molecule has 0 aliphatic heterocycles. The minimum absolute atomic E-state index is 0.401. The largest absolute Gasteiger partial charge is 0.743 e. The van der Waals surface area contributed by atoms with Crippen molar-refractivity contribution >= 4 is 16.1 Å². The molecule has 0 radical (unpaired) electrons. The van der Waals surface area contributed by atoms with E-state index in [0.29, 0.717) is 19.3 Å². The summed E-state index contributed by atoms with van der Waals surface area (Å²) in [6, 6.07) is 0. The summed E-state index contributed by atoms with van der Waals surface area (Å²) < 4.78 is 73.7. The van der Waals surface area contributed by atoms with Crippen LogP contribution in [-0.2, 0) is 19.6 Å². The Labute approximate surface area is 114 Å². The van der Waals surface area contributed by atoms with Gasteiger partial charge < -0.3 is 9.29 Å². The molecule has 0 saturated heterocycles. The molecule has 1 aliphatic carbocycles. The zero-order valence-corrected chi connectivity index (χ0v) is 11.2. The van der Waals surface area contributed by atoms with Crippen LogP contribution in [0.4, 0.5) is 13.2 Å². The predicted molar refractivity (Wildman–Crippen MR) is 61.6 cm³/mol. The van der Waals surface area contributed by atoms with E-state index in [-0.39, 0.29) is 0 Å². The highest BCUT2D eigenvalue weighted by Crippen LogP contribution is 2.29. The van der Waals surface area contributed by atoms with E-state index >= 15 is 0 Å². The molecule has 116 valence electrons. The number of allylic oxidation sites excluding steroid dienone is 2. The number of hydrogen-bond acceptors (Lipinski definition) is 5. The van der Waals surface area contributed by atoms with Crippen molar-refractivity contribution in [3.8, 4) is 0 Å². The van der Waals surface area contributed by atoms with Gasteiger partial charge in [0.2, 0.25) is 0 Å². The Kier molecular flexibility index (Phi) is 5.58. The maximum Gasteiger partial charge on any atom is 0.364 e. The molecule has 0 bridgehead atoms. The second-order valence-corrected chi connectivity index (χ2v) is 5.87. The van der Waals surface area contributed by atoms with Gasteiger partial charge in [-0.1, -0.05) is 12.2 Å². The summed E-state index contributed by atoms with van der Waals surface area (Å²) in [5.74, 6) is -1.04. The van der Waals surface area contributed by atoms with Gasteiger partial charge in [0.15, 0.2) is 16.3 Å². The van der Waals surface area contributed by atoms with E-state index in [1.807, 2.05) is 6.08 Å². The number of alkyl halides is 3. The number of rotatable bonds is 6. The highest BCUT2D eigenvalue weighted by atomic mass is 32.2. The maximum atomic E-state index is 13.0. The van der Waals surface area contributed by atoms with Gasteiger partial charge in [0.25, 0.3) is 0 Å². The van der Waals surface area contributed by atoms with E-state index in [1.54, 1.807) is 6.08 Å². The molecule has 5 nitrogen and oxygen atoms in total. The first-order valence-electron chi connectivity index (χ1n) is 5.95. The summed E-state index contributed by atoms with van der Waals surface area (Å²) in [5, 5.41) is -5.02. The van der Waals surface area contributed by atoms with E-state index in [1.165, 1.54) is 0 Å². The summed E-state index contributed by atoms with van der Waals surface area (Å²) in [4.78, 5) is 11.5. The second-order valence-electron chi connectivity index (χ2n) is 4.42. The SMILES string of the molecule is O=C(OCCC(F)C(F)(F)S(=O)(=O)[O-])C1CC=CCC1. The van der Waals surface area contributed by atoms with E-state index in [4.69, 9.17) is 0 Å². The van der Waals surface area contributed by atoms with Crippen LogP contribution in [0, 0.1) is 5.92 Å². The van der Waals surface area contributed by atoms with Crippen LogP contribution >= 0.6 is 0 Å². The predicted octanol–water partition coefficient (Wildman–Crippen LogP) is 1.75. The van der Waals surface area contributed by atoms with E-state index in [2.05, 4.69) is 4.74 Å². The summed E-state index contributed by atoms with van der Waals surface area (Å²) in [6.45, 7) is -0.703. The van der Waals surface area contributed by atoms with E-state index in [9.17, 15) is 30.9 Å². The molecule has 0 aromatic carbocycles. The Hall–Kier alpha value is -1.09. The van der Waals surface area contributed by atoms with Crippen molar-refractivity contribution in [2.24, 2.45) is 5.92 Å². The van der Waals surface area contributed by atoms with Crippen molar-refractivity contribution in [1.29, 1.82) is 0 Å². The maximum absolute atomic E-state index is 13.0. The quantitative estimate of drug-likeness (QED) is 0.423. The minimum atomic E-state index is -6.08. The van der Waals surface area contributed by atoms with Crippen LogP contribution in [0.25, 0.3) is 0 Å². The Bertz CT molecular complexity index is 474. The standard InChI is InChI=1S/C11H15F3O5S/c12-9(11(13,14)20(16,17)18)6-7-19-10(15)8-4-2-1-3-5-8/h1-2,8-9H,3-7H2,(H,16,17,18)/p-1. The molecule has 2 atom stereocenters. The molecule has 0 heterocycles. The second kappa shape index (κ2) is 6.57. The molecule has 1 aliphatic rings. The van der Waals surface area contributed by atoms with Gasteiger partial charge in [-0.25, -0.2) is 12.8 Å². The molecule has 0 aromatic heterocycles. The third-order valence-corrected chi connectivity index (χ3v) is 3.84. The Morgan fingerprint density at radius 3 is 2.60 bits per heavy atom. The van der Waals surface area contributed by atoms with Gasteiger partial charge in [0, 0.05) is 6.42 Å². The lowest BCUT2D eigenvalue weighted by atomic mass is 9.95. The highest BCUT2D eigenvalue weighted by molar-refractivity contribution is 7.86. The van der Waals surface area contributed by atoms with Gasteiger partial charge >= 0.3 is 11.2 Å². The lowest BCUT2D eigenvalue weighted by molar-refractivity contribution is -0.149. The molecule has 0 amide bonds. The van der Waals surface area contributed by atoms with Crippen molar-refractivity contribution in [2.45, 2.75) is 37.1 Å². The van der Waals surface area contributed by atoms with Crippen molar-refractivity contribution in [3.05, 3.63) is 12.2 Å². The molecule has 1 rings (SSSR count). The van der Waals surface area contributed by atoms with Gasteiger partial charge in [0.1, 0.15) is 0 Å². The molecular formula is C11H14F3O5S-.